The number of amides is 2. The number of urea groups is 1. The lowest BCUT2D eigenvalue weighted by Gasteiger charge is -2.30. The lowest BCUT2D eigenvalue weighted by atomic mass is 10.2. The van der Waals surface area contributed by atoms with Crippen LogP contribution in [0.1, 0.15) is 12.8 Å². The Balaban J connectivity index is 1.93. The molecule has 0 saturated carbocycles. The van der Waals surface area contributed by atoms with Gasteiger partial charge in [-0.2, -0.15) is 0 Å². The maximum absolute atomic E-state index is 12.3. The van der Waals surface area contributed by atoms with Crippen LogP contribution in [-0.4, -0.2) is 82.7 Å². The second-order valence-corrected chi connectivity index (χ2v) is 6.26. The fraction of sp³-hybridized carbons (Fsp3) is 0.833. The van der Waals surface area contributed by atoms with E-state index in [2.05, 4.69) is 11.9 Å². The van der Waals surface area contributed by atoms with E-state index in [0.717, 1.165) is 13.0 Å². The zero-order valence-corrected chi connectivity index (χ0v) is 12.2. The molecule has 2 saturated heterocycles. The van der Waals surface area contributed by atoms with E-state index in [1.165, 1.54) is 23.1 Å². The molecule has 1 N–H and O–H groups in total. The van der Waals surface area contributed by atoms with Crippen molar-refractivity contribution in [2.24, 2.45) is 0 Å². The molecule has 0 spiro atoms. The van der Waals surface area contributed by atoms with Crippen LogP contribution in [0.4, 0.5) is 4.79 Å². The van der Waals surface area contributed by atoms with Gasteiger partial charge in [-0.3, -0.25) is 0 Å². The largest absolute Gasteiger partial charge is 0.480 e. The van der Waals surface area contributed by atoms with Crippen molar-refractivity contribution in [2.45, 2.75) is 24.9 Å². The summed E-state index contributed by atoms with van der Waals surface area (Å²) in [5, 5.41) is 9.11. The third kappa shape index (κ3) is 3.14. The molecule has 6 nitrogen and oxygen atoms in total. The molecule has 0 radical (unpaired) electrons. The van der Waals surface area contributed by atoms with Crippen LogP contribution >= 0.6 is 11.8 Å². The van der Waals surface area contributed by atoms with Crippen LogP contribution in [0.3, 0.4) is 0 Å². The summed E-state index contributed by atoms with van der Waals surface area (Å²) in [5.41, 5.74) is 0. The zero-order chi connectivity index (χ0) is 14.0. The van der Waals surface area contributed by atoms with Crippen LogP contribution < -0.4 is 0 Å². The number of carboxylic acid groups (broad SMARTS) is 1. The predicted octanol–water partition coefficient (Wildman–Crippen LogP) is 0.592. The summed E-state index contributed by atoms with van der Waals surface area (Å²) in [7, 11) is 3.83. The van der Waals surface area contributed by atoms with E-state index in [0.29, 0.717) is 24.2 Å². The van der Waals surface area contributed by atoms with Gasteiger partial charge in [0, 0.05) is 25.4 Å². The number of aliphatic carboxylic acids is 1. The Bertz CT molecular complexity index is 366. The number of likely N-dealkylation sites (N-methyl/N-ethyl adjacent to an activating group) is 2. The van der Waals surface area contributed by atoms with E-state index in [4.69, 9.17) is 5.11 Å². The van der Waals surface area contributed by atoms with Crippen molar-refractivity contribution < 1.29 is 14.7 Å². The average molecular weight is 287 g/mol. The number of carbonyl (C=O) groups excluding carboxylic acids is 1. The van der Waals surface area contributed by atoms with E-state index < -0.39 is 12.0 Å². The maximum atomic E-state index is 12.3. The first-order valence-corrected chi connectivity index (χ1v) is 7.68. The van der Waals surface area contributed by atoms with Gasteiger partial charge in [-0.05, 0) is 26.4 Å². The molecule has 2 aliphatic rings. The van der Waals surface area contributed by atoms with Crippen molar-refractivity contribution in [2.75, 3.05) is 38.8 Å². The van der Waals surface area contributed by atoms with Gasteiger partial charge in [-0.25, -0.2) is 9.59 Å². The predicted molar refractivity (Wildman–Crippen MR) is 74.3 cm³/mol. The topological polar surface area (TPSA) is 64.1 Å². The van der Waals surface area contributed by atoms with Gasteiger partial charge in [0.1, 0.15) is 6.04 Å². The molecule has 19 heavy (non-hydrogen) atoms. The first-order chi connectivity index (χ1) is 9.00. The molecule has 7 heteroatoms. The molecular formula is C12H21N3O3S. The van der Waals surface area contributed by atoms with Gasteiger partial charge in [0.15, 0.2) is 0 Å². The van der Waals surface area contributed by atoms with E-state index in [-0.39, 0.29) is 6.03 Å². The van der Waals surface area contributed by atoms with Crippen molar-refractivity contribution in [1.82, 2.24) is 14.7 Å². The lowest BCUT2D eigenvalue weighted by molar-refractivity contribution is -0.140. The number of carboxylic acids is 1. The molecule has 2 unspecified atom stereocenters. The van der Waals surface area contributed by atoms with Crippen LogP contribution in [0.15, 0.2) is 0 Å². The third-order valence-corrected chi connectivity index (χ3v) is 4.91. The lowest BCUT2D eigenvalue weighted by Crippen LogP contribution is -2.50. The maximum Gasteiger partial charge on any atom is 0.327 e. The van der Waals surface area contributed by atoms with Crippen LogP contribution in [-0.2, 0) is 4.79 Å². The summed E-state index contributed by atoms with van der Waals surface area (Å²) in [6.45, 7) is 1.74. The second-order valence-electron chi connectivity index (χ2n) is 5.26. The number of likely N-dealkylation sites (tertiary alicyclic amines) is 1. The molecule has 0 bridgehead atoms. The highest BCUT2D eigenvalue weighted by Gasteiger charge is 2.36. The molecule has 2 atom stereocenters. The van der Waals surface area contributed by atoms with Crippen molar-refractivity contribution in [3.8, 4) is 0 Å². The van der Waals surface area contributed by atoms with E-state index >= 15 is 0 Å². The van der Waals surface area contributed by atoms with Crippen molar-refractivity contribution >= 4 is 23.8 Å². The fourth-order valence-corrected chi connectivity index (χ4v) is 3.80. The standard InChI is InChI=1S/C12H21N3O3S/c1-13-5-3-4-9(13)6-14(2)12(18)15-8-19-7-10(15)11(16)17/h9-10H,3-8H2,1-2H3,(H,16,17). The summed E-state index contributed by atoms with van der Waals surface area (Å²) in [4.78, 5) is 28.8. The number of hydrogen-bond acceptors (Lipinski definition) is 4. The summed E-state index contributed by atoms with van der Waals surface area (Å²) < 4.78 is 0. The Labute approximate surface area is 117 Å². The minimum atomic E-state index is -0.912. The van der Waals surface area contributed by atoms with Crippen molar-refractivity contribution in [3.05, 3.63) is 0 Å². The van der Waals surface area contributed by atoms with Gasteiger partial charge in [0.05, 0.1) is 5.88 Å². The van der Waals surface area contributed by atoms with Gasteiger partial charge < -0.3 is 19.8 Å². The van der Waals surface area contributed by atoms with E-state index in [1.54, 1.807) is 11.9 Å². The second kappa shape index (κ2) is 6.00. The summed E-state index contributed by atoms with van der Waals surface area (Å²) in [6.07, 6.45) is 2.27. The molecule has 108 valence electrons. The Morgan fingerprint density at radius 3 is 2.79 bits per heavy atom. The molecule has 0 aromatic rings. The SMILES string of the molecule is CN(CC1CCCN1C)C(=O)N1CSCC1C(=O)O. The first-order valence-electron chi connectivity index (χ1n) is 6.53. The number of carbonyl (C=O) groups is 2. The van der Waals surface area contributed by atoms with Crippen LogP contribution in [0.5, 0.6) is 0 Å². The number of hydrogen-bond donors (Lipinski definition) is 1. The van der Waals surface area contributed by atoms with Crippen molar-refractivity contribution in [1.29, 1.82) is 0 Å². The summed E-state index contributed by atoms with van der Waals surface area (Å²) in [5.74, 6) is 0.0449. The van der Waals surface area contributed by atoms with Gasteiger partial charge in [-0.15, -0.1) is 11.8 Å². The Morgan fingerprint density at radius 1 is 1.47 bits per heavy atom. The van der Waals surface area contributed by atoms with E-state index in [9.17, 15) is 9.59 Å². The zero-order valence-electron chi connectivity index (χ0n) is 11.4. The third-order valence-electron chi connectivity index (χ3n) is 3.90. The first kappa shape index (κ1) is 14.5. The molecule has 2 rings (SSSR count). The summed E-state index contributed by atoms with van der Waals surface area (Å²) >= 11 is 1.49. The molecule has 2 fully saturated rings. The molecule has 2 amide bonds. The Kier molecular flexibility index (Phi) is 4.57. The highest BCUT2D eigenvalue weighted by Crippen LogP contribution is 2.23. The van der Waals surface area contributed by atoms with Crippen LogP contribution in [0.2, 0.25) is 0 Å². The van der Waals surface area contributed by atoms with Gasteiger partial charge in [0.2, 0.25) is 0 Å². The highest BCUT2D eigenvalue weighted by molar-refractivity contribution is 7.99. The normalized spacial score (nSPS) is 27.8. The minimum Gasteiger partial charge on any atom is -0.480 e. The van der Waals surface area contributed by atoms with Crippen LogP contribution in [0.25, 0.3) is 0 Å². The number of rotatable bonds is 3. The van der Waals surface area contributed by atoms with E-state index in [1.807, 2.05) is 0 Å². The summed E-state index contributed by atoms with van der Waals surface area (Å²) in [6, 6.07) is -0.452. The monoisotopic (exact) mass is 287 g/mol. The van der Waals surface area contributed by atoms with Crippen molar-refractivity contribution in [3.63, 3.8) is 0 Å². The highest BCUT2D eigenvalue weighted by atomic mass is 32.2. The van der Waals surface area contributed by atoms with Gasteiger partial charge >= 0.3 is 12.0 Å². The van der Waals surface area contributed by atoms with Crippen LogP contribution in [0, 0.1) is 0 Å². The van der Waals surface area contributed by atoms with Gasteiger partial charge in [0.25, 0.3) is 0 Å². The molecule has 0 aromatic carbocycles. The molecule has 2 heterocycles. The Morgan fingerprint density at radius 2 is 2.21 bits per heavy atom. The minimum absolute atomic E-state index is 0.169. The number of nitrogens with zero attached hydrogens (tertiary/aromatic N) is 3. The Hall–Kier alpha value is -0.950. The quantitative estimate of drug-likeness (QED) is 0.823. The smallest absolute Gasteiger partial charge is 0.327 e. The molecular weight excluding hydrogens is 266 g/mol. The molecule has 0 aliphatic carbocycles. The fourth-order valence-electron chi connectivity index (χ4n) is 2.66. The van der Waals surface area contributed by atoms with Gasteiger partial charge in [-0.1, -0.05) is 0 Å². The average Bonchev–Trinajstić information content (AvgIpc) is 2.98. The number of thioether (sulfide) groups is 1. The molecule has 0 aromatic heterocycles. The molecule has 2 aliphatic heterocycles.